The van der Waals surface area contributed by atoms with E-state index in [1.54, 1.807) is 17.5 Å². The summed E-state index contributed by atoms with van der Waals surface area (Å²) in [4.78, 5) is 11.0. The van der Waals surface area contributed by atoms with Gasteiger partial charge in [-0.2, -0.15) is 0 Å². The number of hydrogen-bond acceptors (Lipinski definition) is 5. The fourth-order valence-corrected chi connectivity index (χ4v) is 3.48. The van der Waals surface area contributed by atoms with E-state index in [-0.39, 0.29) is 0 Å². The van der Waals surface area contributed by atoms with Crippen LogP contribution in [0.15, 0.2) is 24.0 Å². The molecule has 1 fully saturated rings. The van der Waals surface area contributed by atoms with Crippen LogP contribution in [0.2, 0.25) is 0 Å². The Morgan fingerprint density at radius 2 is 2.15 bits per heavy atom. The molecule has 0 bridgehead atoms. The molecule has 2 aromatic rings. The highest BCUT2D eigenvalue weighted by atomic mass is 32.1. The van der Waals surface area contributed by atoms with E-state index in [0.717, 1.165) is 38.3 Å². The molecule has 3 rings (SSSR count). The van der Waals surface area contributed by atoms with Crippen LogP contribution in [0, 0.1) is 5.92 Å². The number of imidazole rings is 1. The van der Waals surface area contributed by atoms with Crippen LogP contribution < -0.4 is 0 Å². The summed E-state index contributed by atoms with van der Waals surface area (Å²) in [6.45, 7) is 2.97. The Hall–Kier alpha value is -1.24. The molecule has 1 aliphatic heterocycles. The summed E-state index contributed by atoms with van der Waals surface area (Å²) >= 11 is 1.71. The van der Waals surface area contributed by atoms with Gasteiger partial charge in [0.15, 0.2) is 0 Å². The van der Waals surface area contributed by atoms with Gasteiger partial charge in [0.2, 0.25) is 0 Å². The molecule has 1 unspecified atom stereocenters. The van der Waals surface area contributed by atoms with Crippen LogP contribution in [0.1, 0.15) is 29.8 Å². The fraction of sp³-hybridized carbons (Fsp3) is 0.571. The van der Waals surface area contributed by atoms with Crippen molar-refractivity contribution in [3.05, 3.63) is 34.8 Å². The number of aromatic nitrogens is 3. The molecule has 0 aromatic carbocycles. The van der Waals surface area contributed by atoms with Crippen molar-refractivity contribution >= 4 is 11.3 Å². The Balaban J connectivity index is 1.54. The number of piperidine rings is 1. The summed E-state index contributed by atoms with van der Waals surface area (Å²) in [5, 5.41) is 13.6. The van der Waals surface area contributed by atoms with E-state index in [1.807, 2.05) is 29.4 Å². The van der Waals surface area contributed by atoms with Crippen molar-refractivity contribution in [1.82, 2.24) is 19.4 Å². The molecule has 3 heterocycles. The summed E-state index contributed by atoms with van der Waals surface area (Å²) in [6.07, 6.45) is 7.07. The lowest BCUT2D eigenvalue weighted by molar-refractivity contribution is 0.0492. The van der Waals surface area contributed by atoms with Crippen molar-refractivity contribution in [2.24, 2.45) is 13.0 Å². The molecule has 20 heavy (non-hydrogen) atoms. The third-order valence-corrected chi connectivity index (χ3v) is 4.81. The summed E-state index contributed by atoms with van der Waals surface area (Å²) in [5.41, 5.74) is 0. The first-order valence-corrected chi connectivity index (χ1v) is 7.88. The van der Waals surface area contributed by atoms with Crippen LogP contribution in [0.3, 0.4) is 0 Å². The molecule has 0 spiro atoms. The Labute approximate surface area is 122 Å². The molecule has 1 aliphatic rings. The minimum absolute atomic E-state index is 0.309. The van der Waals surface area contributed by atoms with Gasteiger partial charge in [-0.15, -0.1) is 11.3 Å². The van der Waals surface area contributed by atoms with Crippen LogP contribution >= 0.6 is 11.3 Å². The first-order valence-electron chi connectivity index (χ1n) is 7.00. The zero-order valence-electron chi connectivity index (χ0n) is 11.6. The van der Waals surface area contributed by atoms with E-state index in [1.165, 1.54) is 5.01 Å². The number of rotatable bonds is 4. The fourth-order valence-electron chi connectivity index (χ4n) is 2.82. The largest absolute Gasteiger partial charge is 0.385 e. The number of thiazole rings is 1. The van der Waals surface area contributed by atoms with Gasteiger partial charge in [0.25, 0.3) is 0 Å². The molecule has 1 saturated heterocycles. The van der Waals surface area contributed by atoms with Gasteiger partial charge in [0.1, 0.15) is 16.9 Å². The summed E-state index contributed by atoms with van der Waals surface area (Å²) < 4.78 is 1.91. The SMILES string of the molecule is Cn1ccnc1C(O)C1CCN(Cc2nccs2)CC1. The van der Waals surface area contributed by atoms with E-state index in [2.05, 4.69) is 14.9 Å². The highest BCUT2D eigenvalue weighted by Gasteiger charge is 2.28. The molecule has 0 radical (unpaired) electrons. The molecule has 5 nitrogen and oxygen atoms in total. The normalized spacial score (nSPS) is 19.3. The van der Waals surface area contributed by atoms with Gasteiger partial charge in [-0.1, -0.05) is 0 Å². The van der Waals surface area contributed by atoms with Gasteiger partial charge in [0, 0.05) is 31.0 Å². The number of aliphatic hydroxyl groups is 1. The third-order valence-electron chi connectivity index (χ3n) is 4.04. The predicted molar refractivity (Wildman–Crippen MR) is 78.3 cm³/mol. The van der Waals surface area contributed by atoms with Gasteiger partial charge in [-0.05, 0) is 31.8 Å². The van der Waals surface area contributed by atoms with Gasteiger partial charge in [0.05, 0.1) is 6.54 Å². The molecule has 1 atom stereocenters. The zero-order chi connectivity index (χ0) is 13.9. The molecule has 108 valence electrons. The van der Waals surface area contributed by atoms with Crippen molar-refractivity contribution in [1.29, 1.82) is 0 Å². The average molecular weight is 292 g/mol. The zero-order valence-corrected chi connectivity index (χ0v) is 12.5. The maximum atomic E-state index is 10.4. The first kappa shape index (κ1) is 13.7. The second-order valence-corrected chi connectivity index (χ2v) is 6.36. The molecule has 1 N–H and O–H groups in total. The second-order valence-electron chi connectivity index (χ2n) is 5.38. The maximum Gasteiger partial charge on any atom is 0.137 e. The Bertz CT molecular complexity index is 531. The Kier molecular flexibility index (Phi) is 4.14. The molecular weight excluding hydrogens is 272 g/mol. The Morgan fingerprint density at radius 1 is 1.35 bits per heavy atom. The predicted octanol–water partition coefficient (Wildman–Crippen LogP) is 1.82. The standard InChI is InChI=1S/C14H20N4OS/c1-17-8-4-16-14(17)13(19)11-2-6-18(7-3-11)10-12-15-5-9-20-12/h4-5,8-9,11,13,19H,2-3,6-7,10H2,1H3. The van der Waals surface area contributed by atoms with Crippen molar-refractivity contribution < 1.29 is 5.11 Å². The summed E-state index contributed by atoms with van der Waals surface area (Å²) in [6, 6.07) is 0. The van der Waals surface area contributed by atoms with Gasteiger partial charge in [-0.25, -0.2) is 9.97 Å². The number of likely N-dealkylation sites (tertiary alicyclic amines) is 1. The number of aryl methyl sites for hydroxylation is 1. The molecular formula is C14H20N4OS. The number of hydrogen-bond donors (Lipinski definition) is 1. The molecule has 6 heteroatoms. The minimum atomic E-state index is -0.447. The molecule has 0 amide bonds. The monoisotopic (exact) mass is 292 g/mol. The van der Waals surface area contributed by atoms with Gasteiger partial charge < -0.3 is 9.67 Å². The van der Waals surface area contributed by atoms with Crippen molar-refractivity contribution in [2.75, 3.05) is 13.1 Å². The van der Waals surface area contributed by atoms with E-state index in [4.69, 9.17) is 0 Å². The van der Waals surface area contributed by atoms with Gasteiger partial charge >= 0.3 is 0 Å². The van der Waals surface area contributed by atoms with E-state index < -0.39 is 6.10 Å². The van der Waals surface area contributed by atoms with Crippen LogP contribution in [-0.4, -0.2) is 37.6 Å². The van der Waals surface area contributed by atoms with Crippen LogP contribution in [0.25, 0.3) is 0 Å². The molecule has 0 aliphatic carbocycles. The quantitative estimate of drug-likeness (QED) is 0.934. The van der Waals surface area contributed by atoms with E-state index >= 15 is 0 Å². The Morgan fingerprint density at radius 3 is 2.75 bits per heavy atom. The first-order chi connectivity index (χ1) is 9.74. The summed E-state index contributed by atoms with van der Waals surface area (Å²) in [5.74, 6) is 1.09. The lowest BCUT2D eigenvalue weighted by atomic mass is 9.91. The maximum absolute atomic E-state index is 10.4. The van der Waals surface area contributed by atoms with Crippen molar-refractivity contribution in [3.63, 3.8) is 0 Å². The van der Waals surface area contributed by atoms with Crippen LogP contribution in [0.5, 0.6) is 0 Å². The van der Waals surface area contributed by atoms with E-state index in [0.29, 0.717) is 5.92 Å². The topological polar surface area (TPSA) is 54.2 Å². The molecule has 2 aromatic heterocycles. The lowest BCUT2D eigenvalue weighted by Gasteiger charge is -2.33. The highest BCUT2D eigenvalue weighted by molar-refractivity contribution is 7.09. The average Bonchev–Trinajstić information content (AvgIpc) is 3.10. The highest BCUT2D eigenvalue weighted by Crippen LogP contribution is 2.30. The second kappa shape index (κ2) is 6.03. The summed E-state index contributed by atoms with van der Waals surface area (Å²) in [7, 11) is 1.93. The van der Waals surface area contributed by atoms with Crippen LogP contribution in [-0.2, 0) is 13.6 Å². The van der Waals surface area contributed by atoms with Crippen molar-refractivity contribution in [3.8, 4) is 0 Å². The molecule has 0 saturated carbocycles. The van der Waals surface area contributed by atoms with Gasteiger partial charge in [-0.3, -0.25) is 4.90 Å². The number of aliphatic hydroxyl groups excluding tert-OH is 1. The van der Waals surface area contributed by atoms with Crippen LogP contribution in [0.4, 0.5) is 0 Å². The third kappa shape index (κ3) is 2.92. The number of nitrogens with zero attached hydrogens (tertiary/aromatic N) is 4. The minimum Gasteiger partial charge on any atom is -0.385 e. The van der Waals surface area contributed by atoms with Crippen molar-refractivity contribution in [2.45, 2.75) is 25.5 Å². The smallest absolute Gasteiger partial charge is 0.137 e. The lowest BCUT2D eigenvalue weighted by Crippen LogP contribution is -2.35. The van der Waals surface area contributed by atoms with E-state index in [9.17, 15) is 5.11 Å².